The third kappa shape index (κ3) is 4.94. The highest BCUT2D eigenvalue weighted by Gasteiger charge is 2.57. The van der Waals surface area contributed by atoms with Gasteiger partial charge in [-0.1, -0.05) is 31.0 Å². The third-order valence-electron chi connectivity index (χ3n) is 5.10. The molecule has 4 atom stereocenters. The molecule has 0 spiro atoms. The Balaban J connectivity index is 2.43. The van der Waals surface area contributed by atoms with Gasteiger partial charge in [0.05, 0.1) is 23.7 Å². The van der Waals surface area contributed by atoms with Crippen molar-refractivity contribution in [2.45, 2.75) is 60.9 Å². The smallest absolute Gasteiger partial charge is 0.195 e. The molecule has 0 aromatic heterocycles. The Kier molecular flexibility index (Phi) is 8.47. The zero-order valence-electron chi connectivity index (χ0n) is 16.5. The molecule has 0 bridgehead atoms. The van der Waals surface area contributed by atoms with Crippen LogP contribution in [0.3, 0.4) is 0 Å². The van der Waals surface area contributed by atoms with Gasteiger partial charge in [-0.2, -0.15) is 0 Å². The number of unbranched alkanes of at least 4 members (excludes halogenated alkanes) is 1. The zero-order valence-corrected chi connectivity index (χ0v) is 17.3. The minimum atomic E-state index is -3.90. The fourth-order valence-electron chi connectivity index (χ4n) is 3.75. The molecular weight excluding hydrogens is 380 g/mol. The van der Waals surface area contributed by atoms with E-state index >= 15 is 0 Å². The average Bonchev–Trinajstić information content (AvgIpc) is 3.04. The molecule has 0 amide bonds. The molecule has 2 N–H and O–H groups in total. The Bertz CT molecular complexity index is 767. The van der Waals surface area contributed by atoms with E-state index in [-0.39, 0.29) is 37.6 Å². The number of sulfone groups is 1. The molecule has 1 fully saturated rings. The van der Waals surface area contributed by atoms with E-state index in [4.69, 9.17) is 9.47 Å². The van der Waals surface area contributed by atoms with E-state index in [0.29, 0.717) is 6.42 Å². The molecule has 0 saturated heterocycles. The highest BCUT2D eigenvalue weighted by atomic mass is 32.2. The Morgan fingerprint density at radius 1 is 1.32 bits per heavy atom. The van der Waals surface area contributed by atoms with Gasteiger partial charge in [-0.15, -0.1) is 5.92 Å². The summed E-state index contributed by atoms with van der Waals surface area (Å²) in [4.78, 5) is 0.155. The Morgan fingerprint density at radius 3 is 2.68 bits per heavy atom. The molecule has 156 valence electrons. The number of rotatable bonds is 9. The summed E-state index contributed by atoms with van der Waals surface area (Å²) >= 11 is 0. The molecular formula is C21H30O6S. The van der Waals surface area contributed by atoms with Gasteiger partial charge in [-0.3, -0.25) is 0 Å². The van der Waals surface area contributed by atoms with E-state index in [1.807, 2.05) is 6.92 Å². The molecule has 7 heteroatoms. The highest BCUT2D eigenvalue weighted by molar-refractivity contribution is 7.93. The van der Waals surface area contributed by atoms with Crippen LogP contribution in [0.5, 0.6) is 0 Å². The molecule has 2 rings (SSSR count). The van der Waals surface area contributed by atoms with Crippen molar-refractivity contribution in [1.82, 2.24) is 0 Å². The number of aliphatic hydroxyl groups is 2. The van der Waals surface area contributed by atoms with Crippen molar-refractivity contribution in [1.29, 1.82) is 0 Å². The summed E-state index contributed by atoms with van der Waals surface area (Å²) in [5, 5.41) is 21.2. The van der Waals surface area contributed by atoms with Gasteiger partial charge in [0.25, 0.3) is 0 Å². The van der Waals surface area contributed by atoms with Gasteiger partial charge < -0.3 is 19.7 Å². The molecule has 1 aromatic rings. The van der Waals surface area contributed by atoms with Crippen molar-refractivity contribution in [3.63, 3.8) is 0 Å². The maximum Gasteiger partial charge on any atom is 0.195 e. The van der Waals surface area contributed by atoms with Crippen molar-refractivity contribution in [3.8, 4) is 11.8 Å². The number of methoxy groups -OCH3 is 1. The summed E-state index contributed by atoms with van der Waals surface area (Å²) in [6, 6.07) is 8.14. The Labute approximate surface area is 167 Å². The highest BCUT2D eigenvalue weighted by Crippen LogP contribution is 2.46. The largest absolute Gasteiger partial charge is 0.393 e. The van der Waals surface area contributed by atoms with E-state index in [0.717, 1.165) is 6.42 Å². The van der Waals surface area contributed by atoms with Crippen LogP contribution in [0.4, 0.5) is 0 Å². The predicted octanol–water partition coefficient (Wildman–Crippen LogP) is 2.14. The van der Waals surface area contributed by atoms with Crippen LogP contribution in [0.1, 0.15) is 39.0 Å². The number of hydrogen-bond donors (Lipinski definition) is 2. The van der Waals surface area contributed by atoms with Crippen LogP contribution in [0, 0.1) is 17.8 Å². The predicted molar refractivity (Wildman–Crippen MR) is 106 cm³/mol. The van der Waals surface area contributed by atoms with Crippen LogP contribution in [0.2, 0.25) is 0 Å². The Morgan fingerprint density at radius 2 is 2.04 bits per heavy atom. The van der Waals surface area contributed by atoms with Crippen LogP contribution in [-0.4, -0.2) is 56.1 Å². The van der Waals surface area contributed by atoms with E-state index < -0.39 is 32.7 Å². The van der Waals surface area contributed by atoms with Crippen LogP contribution in [0.15, 0.2) is 35.2 Å². The minimum Gasteiger partial charge on any atom is -0.393 e. The molecule has 1 aliphatic rings. The van der Waals surface area contributed by atoms with Crippen molar-refractivity contribution in [2.24, 2.45) is 5.92 Å². The van der Waals surface area contributed by atoms with Crippen LogP contribution < -0.4 is 0 Å². The van der Waals surface area contributed by atoms with Gasteiger partial charge in [0, 0.05) is 25.9 Å². The second-order valence-corrected chi connectivity index (χ2v) is 9.34. The lowest BCUT2D eigenvalue weighted by Gasteiger charge is -2.33. The maximum absolute atomic E-state index is 13.6. The second-order valence-electron chi connectivity index (χ2n) is 7.13. The summed E-state index contributed by atoms with van der Waals surface area (Å²) < 4.78 is 35.8. The van der Waals surface area contributed by atoms with Gasteiger partial charge in [0.2, 0.25) is 0 Å². The number of hydrogen-bond acceptors (Lipinski definition) is 6. The van der Waals surface area contributed by atoms with Crippen molar-refractivity contribution >= 4 is 9.84 Å². The SMILES string of the molecule is CCCC#CC1(S(=O)(=O)c2ccccc2)C[C@H](O)C[C@@H]1[C@H](O)CCOCOC. The lowest BCUT2D eigenvalue weighted by Crippen LogP contribution is -2.46. The summed E-state index contributed by atoms with van der Waals surface area (Å²) in [6.07, 6.45) is -0.0449. The second kappa shape index (κ2) is 10.4. The fourth-order valence-corrected chi connectivity index (χ4v) is 5.96. The topological polar surface area (TPSA) is 93.1 Å². The van der Waals surface area contributed by atoms with Crippen LogP contribution in [-0.2, 0) is 19.3 Å². The average molecular weight is 411 g/mol. The van der Waals surface area contributed by atoms with Gasteiger partial charge >= 0.3 is 0 Å². The van der Waals surface area contributed by atoms with Crippen molar-refractivity contribution < 1.29 is 28.1 Å². The fraction of sp³-hybridized carbons (Fsp3) is 0.619. The van der Waals surface area contributed by atoms with Crippen LogP contribution >= 0.6 is 0 Å². The molecule has 1 saturated carbocycles. The molecule has 1 unspecified atom stereocenters. The molecule has 6 nitrogen and oxygen atoms in total. The zero-order chi connectivity index (χ0) is 20.6. The van der Waals surface area contributed by atoms with E-state index in [1.54, 1.807) is 18.2 Å². The quantitative estimate of drug-likeness (QED) is 0.368. The van der Waals surface area contributed by atoms with E-state index in [9.17, 15) is 18.6 Å². The minimum absolute atomic E-state index is 0.0123. The molecule has 1 aliphatic carbocycles. The first kappa shape index (κ1) is 22.9. The third-order valence-corrected chi connectivity index (χ3v) is 7.52. The number of ether oxygens (including phenoxy) is 2. The summed E-state index contributed by atoms with van der Waals surface area (Å²) in [6.45, 7) is 2.30. The number of benzene rings is 1. The first-order valence-corrected chi connectivity index (χ1v) is 11.1. The monoisotopic (exact) mass is 410 g/mol. The van der Waals surface area contributed by atoms with E-state index in [2.05, 4.69) is 11.8 Å². The van der Waals surface area contributed by atoms with Gasteiger partial charge in [-0.05, 0) is 31.4 Å². The summed E-state index contributed by atoms with van der Waals surface area (Å²) in [5.74, 6) is 5.24. The lowest BCUT2D eigenvalue weighted by molar-refractivity contribution is -0.0450. The van der Waals surface area contributed by atoms with Gasteiger partial charge in [0.15, 0.2) is 9.84 Å². The van der Waals surface area contributed by atoms with E-state index in [1.165, 1.54) is 19.2 Å². The van der Waals surface area contributed by atoms with Crippen molar-refractivity contribution in [2.75, 3.05) is 20.5 Å². The normalized spacial score (nSPS) is 25.9. The Hall–Kier alpha value is -1.43. The molecule has 28 heavy (non-hydrogen) atoms. The molecule has 1 aromatic carbocycles. The maximum atomic E-state index is 13.6. The first-order chi connectivity index (χ1) is 13.4. The standard InChI is InChI=1S/C21H30O6S/c1-3-4-8-12-21(28(24,25)18-9-6-5-7-10-18)15-17(22)14-19(21)20(23)11-13-27-16-26-2/h5-7,9-10,17,19-20,22-23H,3-4,11,13-16H2,1-2H3/t17-,19-,20-,21?/m1/s1. The summed E-state index contributed by atoms with van der Waals surface area (Å²) in [7, 11) is -2.40. The van der Waals surface area contributed by atoms with Gasteiger partial charge in [0.1, 0.15) is 11.5 Å². The molecule has 0 aliphatic heterocycles. The number of aliphatic hydroxyl groups excluding tert-OH is 2. The van der Waals surface area contributed by atoms with Gasteiger partial charge in [-0.25, -0.2) is 8.42 Å². The molecule has 0 radical (unpaired) electrons. The molecule has 0 heterocycles. The first-order valence-electron chi connectivity index (χ1n) is 9.61. The lowest BCUT2D eigenvalue weighted by atomic mass is 9.88. The van der Waals surface area contributed by atoms with Crippen LogP contribution in [0.25, 0.3) is 0 Å². The summed E-state index contributed by atoms with van der Waals surface area (Å²) in [5.41, 5.74) is 0. The van der Waals surface area contributed by atoms with Crippen molar-refractivity contribution in [3.05, 3.63) is 30.3 Å².